The fourth-order valence-corrected chi connectivity index (χ4v) is 4.02. The third-order valence-electron chi connectivity index (χ3n) is 4.95. The molecular weight excluding hydrogens is 336 g/mol. The lowest BCUT2D eigenvalue weighted by Gasteiger charge is -2.34. The molecule has 1 aromatic carbocycles. The van der Waals surface area contributed by atoms with Crippen LogP contribution >= 0.6 is 11.8 Å². The highest BCUT2D eigenvalue weighted by molar-refractivity contribution is 7.98. The molecule has 1 unspecified atom stereocenters. The molecule has 1 aromatic rings. The van der Waals surface area contributed by atoms with Crippen LogP contribution in [0.5, 0.6) is 0 Å². The molecule has 2 aliphatic rings. The Bertz CT molecular complexity index is 575. The molecule has 1 N–H and O–H groups in total. The van der Waals surface area contributed by atoms with Crippen molar-refractivity contribution >= 4 is 17.7 Å². The number of β-amino-alcohol motifs (C(OH)–C–C–N with tert-alkyl or cyclic N) is 1. The van der Waals surface area contributed by atoms with Crippen LogP contribution in [0.1, 0.15) is 18.4 Å². The van der Waals surface area contributed by atoms with Crippen LogP contribution < -0.4 is 0 Å². The molecule has 0 aliphatic carbocycles. The van der Waals surface area contributed by atoms with Crippen LogP contribution in [0.15, 0.2) is 29.2 Å². The fraction of sp³-hybridized carbons (Fsp3) is 0.632. The molecule has 2 heterocycles. The topological polar surface area (TPSA) is 53.0 Å². The predicted molar refractivity (Wildman–Crippen MR) is 99.9 cm³/mol. The van der Waals surface area contributed by atoms with E-state index in [4.69, 9.17) is 4.74 Å². The summed E-state index contributed by atoms with van der Waals surface area (Å²) in [4.78, 5) is 18.0. The smallest absolute Gasteiger partial charge is 0.227 e. The zero-order valence-corrected chi connectivity index (χ0v) is 15.8. The number of rotatable bonds is 5. The van der Waals surface area contributed by atoms with Gasteiger partial charge in [0.1, 0.15) is 5.60 Å². The molecule has 6 heteroatoms. The van der Waals surface area contributed by atoms with E-state index in [-0.39, 0.29) is 5.91 Å². The third-order valence-corrected chi connectivity index (χ3v) is 5.69. The highest BCUT2D eigenvalue weighted by Gasteiger charge is 2.36. The summed E-state index contributed by atoms with van der Waals surface area (Å²) in [5, 5.41) is 11.0. The van der Waals surface area contributed by atoms with E-state index in [1.807, 2.05) is 30.5 Å². The number of hydrogen-bond acceptors (Lipinski definition) is 5. The van der Waals surface area contributed by atoms with Crippen molar-refractivity contribution in [1.29, 1.82) is 0 Å². The van der Waals surface area contributed by atoms with Crippen molar-refractivity contribution in [3.63, 3.8) is 0 Å². The lowest BCUT2D eigenvalue weighted by Crippen LogP contribution is -2.53. The first kappa shape index (κ1) is 18.7. The number of benzene rings is 1. The van der Waals surface area contributed by atoms with Crippen molar-refractivity contribution in [2.45, 2.75) is 29.8 Å². The van der Waals surface area contributed by atoms with E-state index in [1.165, 1.54) is 17.7 Å². The molecule has 0 bridgehead atoms. The Balaban J connectivity index is 1.61. The summed E-state index contributed by atoms with van der Waals surface area (Å²) in [5.41, 5.74) is 0.0372. The molecule has 2 fully saturated rings. The SMILES string of the molecule is CSc1ccc(CC(=O)N2CCOCC(O)(CN3CCCC3)C2)cc1. The van der Waals surface area contributed by atoms with E-state index >= 15 is 0 Å². The van der Waals surface area contributed by atoms with Gasteiger partial charge in [0.15, 0.2) is 0 Å². The van der Waals surface area contributed by atoms with Gasteiger partial charge in [-0.3, -0.25) is 4.79 Å². The molecule has 25 heavy (non-hydrogen) atoms. The minimum Gasteiger partial charge on any atom is -0.384 e. The minimum atomic E-state index is -0.973. The number of thioether (sulfide) groups is 1. The van der Waals surface area contributed by atoms with E-state index in [0.29, 0.717) is 39.3 Å². The lowest BCUT2D eigenvalue weighted by atomic mass is 10.0. The average Bonchev–Trinajstić information content (AvgIpc) is 3.02. The third kappa shape index (κ3) is 5.20. The Kier molecular flexibility index (Phi) is 6.39. The summed E-state index contributed by atoms with van der Waals surface area (Å²) < 4.78 is 5.61. The Labute approximate surface area is 154 Å². The van der Waals surface area contributed by atoms with Gasteiger partial charge in [-0.1, -0.05) is 12.1 Å². The van der Waals surface area contributed by atoms with Crippen LogP contribution in [-0.4, -0.2) is 78.6 Å². The van der Waals surface area contributed by atoms with Crippen molar-refractivity contribution in [3.8, 4) is 0 Å². The standard InChI is InChI=1S/C19H28N2O3S/c1-25-17-6-4-16(5-7-17)12-18(22)21-10-11-24-15-19(23,14-21)13-20-8-2-3-9-20/h4-7,23H,2-3,8-15H2,1H3. The van der Waals surface area contributed by atoms with Gasteiger partial charge >= 0.3 is 0 Å². The van der Waals surface area contributed by atoms with Crippen LogP contribution in [0.2, 0.25) is 0 Å². The highest BCUT2D eigenvalue weighted by Crippen LogP contribution is 2.19. The van der Waals surface area contributed by atoms with Crippen molar-refractivity contribution in [2.24, 2.45) is 0 Å². The number of amides is 1. The van der Waals surface area contributed by atoms with Gasteiger partial charge in [-0.25, -0.2) is 0 Å². The first-order valence-electron chi connectivity index (χ1n) is 9.01. The van der Waals surface area contributed by atoms with Gasteiger partial charge in [0.05, 0.1) is 26.2 Å². The van der Waals surface area contributed by atoms with E-state index in [2.05, 4.69) is 4.90 Å². The second kappa shape index (κ2) is 8.54. The maximum Gasteiger partial charge on any atom is 0.227 e. The second-order valence-corrected chi connectivity index (χ2v) is 7.98. The van der Waals surface area contributed by atoms with E-state index in [0.717, 1.165) is 18.7 Å². The molecule has 2 aliphatic heterocycles. The quantitative estimate of drug-likeness (QED) is 0.805. The van der Waals surface area contributed by atoms with E-state index in [1.54, 1.807) is 16.7 Å². The fourth-order valence-electron chi connectivity index (χ4n) is 3.61. The number of aliphatic hydroxyl groups is 1. The number of hydrogen-bond donors (Lipinski definition) is 1. The zero-order valence-electron chi connectivity index (χ0n) is 14.9. The Morgan fingerprint density at radius 1 is 1.24 bits per heavy atom. The van der Waals surface area contributed by atoms with Gasteiger partial charge in [0.2, 0.25) is 5.91 Å². The first-order chi connectivity index (χ1) is 12.1. The molecule has 1 atom stereocenters. The van der Waals surface area contributed by atoms with Gasteiger partial charge in [0.25, 0.3) is 0 Å². The van der Waals surface area contributed by atoms with Gasteiger partial charge < -0.3 is 19.6 Å². The molecule has 3 rings (SSSR count). The largest absolute Gasteiger partial charge is 0.384 e. The molecular formula is C19H28N2O3S. The van der Waals surface area contributed by atoms with Crippen LogP contribution in [0.25, 0.3) is 0 Å². The summed E-state index contributed by atoms with van der Waals surface area (Å²) in [6, 6.07) is 8.11. The Morgan fingerprint density at radius 3 is 2.64 bits per heavy atom. The second-order valence-electron chi connectivity index (χ2n) is 7.10. The molecule has 0 aromatic heterocycles. The summed E-state index contributed by atoms with van der Waals surface area (Å²) in [6.07, 6.45) is 4.78. The van der Waals surface area contributed by atoms with Gasteiger partial charge in [-0.2, -0.15) is 0 Å². The highest BCUT2D eigenvalue weighted by atomic mass is 32.2. The van der Waals surface area contributed by atoms with Crippen molar-refractivity contribution in [2.75, 3.05) is 52.2 Å². The van der Waals surface area contributed by atoms with Crippen LogP contribution in [0, 0.1) is 0 Å². The average molecular weight is 365 g/mol. The first-order valence-corrected chi connectivity index (χ1v) is 10.2. The number of likely N-dealkylation sites (tertiary alicyclic amines) is 1. The number of carbonyl (C=O) groups excluding carboxylic acids is 1. The molecule has 1 amide bonds. The normalized spacial score (nSPS) is 25.1. The maximum absolute atomic E-state index is 12.7. The summed E-state index contributed by atoms with van der Waals surface area (Å²) in [6.45, 7) is 4.32. The summed E-state index contributed by atoms with van der Waals surface area (Å²) in [5.74, 6) is 0.0576. The molecule has 0 saturated carbocycles. The lowest BCUT2D eigenvalue weighted by molar-refractivity contribution is -0.133. The Hall–Kier alpha value is -1.08. The summed E-state index contributed by atoms with van der Waals surface area (Å²) in [7, 11) is 0. The monoisotopic (exact) mass is 364 g/mol. The van der Waals surface area contributed by atoms with Crippen molar-refractivity contribution in [1.82, 2.24) is 9.80 Å². The molecule has 2 saturated heterocycles. The zero-order chi connectivity index (χ0) is 17.7. The van der Waals surface area contributed by atoms with E-state index in [9.17, 15) is 9.90 Å². The predicted octanol–water partition coefficient (Wildman–Crippen LogP) is 1.64. The maximum atomic E-state index is 12.7. The van der Waals surface area contributed by atoms with Gasteiger partial charge in [-0.15, -0.1) is 11.8 Å². The molecule has 0 radical (unpaired) electrons. The summed E-state index contributed by atoms with van der Waals surface area (Å²) >= 11 is 1.69. The van der Waals surface area contributed by atoms with E-state index < -0.39 is 5.60 Å². The van der Waals surface area contributed by atoms with Crippen molar-refractivity contribution in [3.05, 3.63) is 29.8 Å². The molecule has 0 spiro atoms. The van der Waals surface area contributed by atoms with Crippen LogP contribution in [0.4, 0.5) is 0 Å². The number of ether oxygens (including phenoxy) is 1. The van der Waals surface area contributed by atoms with Gasteiger partial charge in [0, 0.05) is 18.0 Å². The number of nitrogens with zero attached hydrogens (tertiary/aromatic N) is 2. The Morgan fingerprint density at radius 2 is 1.96 bits per heavy atom. The van der Waals surface area contributed by atoms with Crippen molar-refractivity contribution < 1.29 is 14.6 Å². The van der Waals surface area contributed by atoms with Crippen LogP contribution in [-0.2, 0) is 16.0 Å². The molecule has 138 valence electrons. The minimum absolute atomic E-state index is 0.0576. The number of carbonyl (C=O) groups is 1. The molecule has 5 nitrogen and oxygen atoms in total. The van der Waals surface area contributed by atoms with Gasteiger partial charge in [-0.05, 0) is 49.9 Å². The van der Waals surface area contributed by atoms with Crippen LogP contribution in [0.3, 0.4) is 0 Å².